The summed E-state index contributed by atoms with van der Waals surface area (Å²) < 4.78 is 5.44. The van der Waals surface area contributed by atoms with Crippen LogP contribution < -0.4 is 4.74 Å². The summed E-state index contributed by atoms with van der Waals surface area (Å²) in [5.41, 5.74) is 3.10. The van der Waals surface area contributed by atoms with E-state index in [0.29, 0.717) is 12.4 Å². The molecule has 0 atom stereocenters. The van der Waals surface area contributed by atoms with Crippen molar-refractivity contribution in [1.29, 1.82) is 0 Å². The number of ether oxygens (including phenoxy) is 1. The Morgan fingerprint density at radius 2 is 1.55 bits per heavy atom. The molecule has 1 aliphatic carbocycles. The van der Waals surface area contributed by atoms with E-state index >= 15 is 0 Å². The fourth-order valence-electron chi connectivity index (χ4n) is 2.32. The fraction of sp³-hybridized carbons (Fsp3) is 0.278. The van der Waals surface area contributed by atoms with Crippen LogP contribution in [0.2, 0.25) is 0 Å². The minimum absolute atomic E-state index is 0.284. The molecule has 0 radical (unpaired) electrons. The third kappa shape index (κ3) is 2.74. The Morgan fingerprint density at radius 1 is 1.00 bits per heavy atom. The van der Waals surface area contributed by atoms with Crippen LogP contribution in [-0.4, -0.2) is 12.4 Å². The van der Waals surface area contributed by atoms with Crippen molar-refractivity contribution in [2.45, 2.75) is 19.8 Å². The van der Waals surface area contributed by atoms with E-state index in [4.69, 9.17) is 4.74 Å². The van der Waals surface area contributed by atoms with Crippen LogP contribution in [0.25, 0.3) is 11.1 Å². The number of ketones is 1. The predicted molar refractivity (Wildman–Crippen MR) is 80.1 cm³/mol. The van der Waals surface area contributed by atoms with Crippen molar-refractivity contribution < 1.29 is 9.53 Å². The van der Waals surface area contributed by atoms with Gasteiger partial charge in [0.1, 0.15) is 5.75 Å². The highest BCUT2D eigenvalue weighted by Crippen LogP contribution is 2.33. The molecule has 0 spiro atoms. The van der Waals surface area contributed by atoms with Crippen molar-refractivity contribution in [3.05, 3.63) is 54.1 Å². The molecule has 0 amide bonds. The molecule has 20 heavy (non-hydrogen) atoms. The average Bonchev–Trinajstić information content (AvgIpc) is 3.33. The zero-order valence-electron chi connectivity index (χ0n) is 11.6. The molecular formula is C18H18O2. The van der Waals surface area contributed by atoms with Crippen LogP contribution in [0.5, 0.6) is 5.75 Å². The van der Waals surface area contributed by atoms with Crippen molar-refractivity contribution >= 4 is 5.78 Å². The van der Waals surface area contributed by atoms with Gasteiger partial charge in [-0.15, -0.1) is 0 Å². The number of carbonyl (C=O) groups is 1. The fourth-order valence-corrected chi connectivity index (χ4v) is 2.32. The third-order valence-electron chi connectivity index (χ3n) is 3.62. The van der Waals surface area contributed by atoms with Crippen LogP contribution in [0.4, 0.5) is 0 Å². The second-order valence-corrected chi connectivity index (χ2v) is 5.17. The van der Waals surface area contributed by atoms with Crippen molar-refractivity contribution in [1.82, 2.24) is 0 Å². The number of hydrogen-bond acceptors (Lipinski definition) is 2. The van der Waals surface area contributed by atoms with Crippen LogP contribution in [0.15, 0.2) is 48.5 Å². The van der Waals surface area contributed by atoms with Gasteiger partial charge in [-0.3, -0.25) is 4.79 Å². The molecule has 1 fully saturated rings. The molecule has 0 unspecified atom stereocenters. The lowest BCUT2D eigenvalue weighted by Crippen LogP contribution is -2.00. The first-order valence-electron chi connectivity index (χ1n) is 7.15. The topological polar surface area (TPSA) is 26.3 Å². The van der Waals surface area contributed by atoms with Crippen molar-refractivity contribution in [3.63, 3.8) is 0 Å². The van der Waals surface area contributed by atoms with Gasteiger partial charge in [-0.05, 0) is 43.0 Å². The molecule has 0 aliphatic heterocycles. The van der Waals surface area contributed by atoms with Gasteiger partial charge in [-0.1, -0.05) is 36.4 Å². The first kappa shape index (κ1) is 12.9. The number of benzene rings is 2. The minimum atomic E-state index is 0.284. The summed E-state index contributed by atoms with van der Waals surface area (Å²) in [7, 11) is 0. The molecule has 1 aliphatic rings. The summed E-state index contributed by atoms with van der Waals surface area (Å²) in [5, 5.41) is 0. The lowest BCUT2D eigenvalue weighted by atomic mass is 10.0. The number of carbonyl (C=O) groups excluding carboxylic acids is 1. The molecule has 3 rings (SSSR count). The number of Topliss-reactive ketones (excluding diaryl/α,β-unsaturated/α-hetero) is 1. The van der Waals surface area contributed by atoms with Gasteiger partial charge < -0.3 is 4.74 Å². The monoisotopic (exact) mass is 266 g/mol. The van der Waals surface area contributed by atoms with E-state index < -0.39 is 0 Å². The van der Waals surface area contributed by atoms with Crippen LogP contribution in [0, 0.1) is 5.92 Å². The van der Waals surface area contributed by atoms with Crippen LogP contribution in [0.1, 0.15) is 30.1 Å². The molecule has 0 bridgehead atoms. The van der Waals surface area contributed by atoms with Gasteiger partial charge in [-0.25, -0.2) is 0 Å². The highest BCUT2D eigenvalue weighted by molar-refractivity contribution is 5.99. The van der Waals surface area contributed by atoms with Gasteiger partial charge in [0.25, 0.3) is 0 Å². The maximum absolute atomic E-state index is 12.0. The Hall–Kier alpha value is -2.09. The molecule has 0 aromatic heterocycles. The number of hydrogen-bond donors (Lipinski definition) is 0. The highest BCUT2D eigenvalue weighted by atomic mass is 16.5. The van der Waals surface area contributed by atoms with Gasteiger partial charge in [0.15, 0.2) is 5.78 Å². The van der Waals surface area contributed by atoms with E-state index in [-0.39, 0.29) is 5.92 Å². The van der Waals surface area contributed by atoms with E-state index in [2.05, 4.69) is 0 Å². The molecular weight excluding hydrogens is 248 g/mol. The van der Waals surface area contributed by atoms with Gasteiger partial charge in [0.2, 0.25) is 0 Å². The van der Waals surface area contributed by atoms with Crippen molar-refractivity contribution in [3.8, 4) is 16.9 Å². The van der Waals surface area contributed by atoms with Crippen LogP contribution in [0.3, 0.4) is 0 Å². The van der Waals surface area contributed by atoms with E-state index in [0.717, 1.165) is 35.3 Å². The summed E-state index contributed by atoms with van der Waals surface area (Å²) in [6.45, 7) is 2.65. The third-order valence-corrected chi connectivity index (χ3v) is 3.62. The highest BCUT2D eigenvalue weighted by Gasteiger charge is 2.30. The summed E-state index contributed by atoms with van der Waals surface area (Å²) in [6, 6.07) is 15.9. The van der Waals surface area contributed by atoms with Gasteiger partial charge in [0, 0.05) is 11.5 Å². The molecule has 2 aromatic carbocycles. The summed E-state index contributed by atoms with van der Waals surface area (Å²) in [4.78, 5) is 12.0. The van der Waals surface area contributed by atoms with Crippen molar-refractivity contribution in [2.24, 2.45) is 5.92 Å². The van der Waals surface area contributed by atoms with E-state index in [1.165, 1.54) is 0 Å². The van der Waals surface area contributed by atoms with Gasteiger partial charge in [-0.2, -0.15) is 0 Å². The smallest absolute Gasteiger partial charge is 0.165 e. The van der Waals surface area contributed by atoms with E-state index in [9.17, 15) is 4.79 Å². The molecule has 0 N–H and O–H groups in total. The van der Waals surface area contributed by atoms with Crippen LogP contribution >= 0.6 is 0 Å². The first-order chi connectivity index (χ1) is 9.78. The second-order valence-electron chi connectivity index (χ2n) is 5.17. The normalized spacial score (nSPS) is 14.1. The maximum atomic E-state index is 12.0. The zero-order chi connectivity index (χ0) is 13.9. The Balaban J connectivity index is 1.77. The van der Waals surface area contributed by atoms with E-state index in [1.807, 2.05) is 55.5 Å². The summed E-state index contributed by atoms with van der Waals surface area (Å²) in [6.07, 6.45) is 2.11. The predicted octanol–water partition coefficient (Wildman–Crippen LogP) is 4.35. The quantitative estimate of drug-likeness (QED) is 0.752. The largest absolute Gasteiger partial charge is 0.494 e. The maximum Gasteiger partial charge on any atom is 0.165 e. The van der Waals surface area contributed by atoms with Crippen LogP contribution in [-0.2, 0) is 0 Å². The lowest BCUT2D eigenvalue weighted by molar-refractivity contribution is 0.0967. The van der Waals surface area contributed by atoms with Crippen molar-refractivity contribution in [2.75, 3.05) is 6.61 Å². The Labute approximate surface area is 119 Å². The molecule has 2 heteroatoms. The molecule has 2 nitrogen and oxygen atoms in total. The molecule has 0 heterocycles. The van der Waals surface area contributed by atoms with E-state index in [1.54, 1.807) is 0 Å². The Morgan fingerprint density at radius 3 is 2.05 bits per heavy atom. The average molecular weight is 266 g/mol. The lowest BCUT2D eigenvalue weighted by Gasteiger charge is -2.06. The standard InChI is InChI=1S/C18H18O2/c1-2-20-17-11-9-14(10-12-17)13-3-5-15(6-4-13)18(19)16-7-8-16/h3-6,9-12,16H,2,7-8H2,1H3. The summed E-state index contributed by atoms with van der Waals surface area (Å²) in [5.74, 6) is 1.46. The summed E-state index contributed by atoms with van der Waals surface area (Å²) >= 11 is 0. The molecule has 1 saturated carbocycles. The Kier molecular flexibility index (Phi) is 3.55. The number of rotatable bonds is 5. The van der Waals surface area contributed by atoms with Gasteiger partial charge >= 0.3 is 0 Å². The zero-order valence-corrected chi connectivity index (χ0v) is 11.6. The molecule has 0 saturated heterocycles. The Bertz CT molecular complexity index is 592. The SMILES string of the molecule is CCOc1ccc(-c2ccc(C(=O)C3CC3)cc2)cc1. The van der Waals surface area contributed by atoms with Gasteiger partial charge in [0.05, 0.1) is 6.61 Å². The minimum Gasteiger partial charge on any atom is -0.494 e. The molecule has 2 aromatic rings. The second kappa shape index (κ2) is 5.49. The molecule has 102 valence electrons. The first-order valence-corrected chi connectivity index (χ1v) is 7.15.